The van der Waals surface area contributed by atoms with Crippen LogP contribution in [0.1, 0.15) is 5.56 Å². The molecule has 0 bridgehead atoms. The number of aromatic nitrogens is 3. The van der Waals surface area contributed by atoms with Crippen LogP contribution in [-0.4, -0.2) is 21.5 Å². The third-order valence-electron chi connectivity index (χ3n) is 2.98. The van der Waals surface area contributed by atoms with E-state index in [1.165, 1.54) is 0 Å². The largest absolute Gasteiger partial charge is 0.352 e. The highest BCUT2D eigenvalue weighted by Gasteiger charge is 2.02. The monoisotopic (exact) mass is 278 g/mol. The minimum Gasteiger partial charge on any atom is -0.352 e. The molecule has 0 amide bonds. The molecule has 0 saturated heterocycles. The number of hydrogen-bond acceptors (Lipinski definition) is 4. The Morgan fingerprint density at radius 1 is 1.14 bits per heavy atom. The molecule has 0 atom stereocenters. The maximum Gasteiger partial charge on any atom is 0.261 e. The molecule has 21 heavy (non-hydrogen) atoms. The van der Waals surface area contributed by atoms with Crippen LogP contribution in [-0.2, 0) is 0 Å². The van der Waals surface area contributed by atoms with Gasteiger partial charge in [0.2, 0.25) is 5.95 Å². The summed E-state index contributed by atoms with van der Waals surface area (Å²) in [5.41, 5.74) is 1.37. The van der Waals surface area contributed by atoms with Crippen molar-refractivity contribution in [2.75, 3.05) is 11.9 Å². The second-order valence-electron chi connectivity index (χ2n) is 4.48. The fourth-order valence-electron chi connectivity index (χ4n) is 1.97. The van der Waals surface area contributed by atoms with Crippen LogP contribution in [0, 0.1) is 0 Å². The average molecular weight is 278 g/mol. The van der Waals surface area contributed by atoms with Crippen LogP contribution in [0.3, 0.4) is 0 Å². The smallest absolute Gasteiger partial charge is 0.261 e. The molecule has 2 heterocycles. The summed E-state index contributed by atoms with van der Waals surface area (Å²) in [5.74, 6) is 0.420. The Balaban J connectivity index is 1.71. The zero-order chi connectivity index (χ0) is 14.5. The third-order valence-corrected chi connectivity index (χ3v) is 2.98. The number of nitrogens with one attached hydrogen (secondary N) is 2. The number of fused-ring (bicyclic) bond motifs is 1. The standard InChI is InChI=1S/C16H14N4O/c21-15-13-9-5-10-17-14(13)19-16(20-15)18-11-4-8-12-6-2-1-3-7-12/h1-10H,11H2,(H2,17,18,19,20,21). The van der Waals surface area contributed by atoms with Crippen molar-refractivity contribution in [2.24, 2.45) is 0 Å². The first-order chi connectivity index (χ1) is 10.3. The Morgan fingerprint density at radius 2 is 2.00 bits per heavy atom. The highest BCUT2D eigenvalue weighted by Crippen LogP contribution is 2.05. The van der Waals surface area contributed by atoms with E-state index in [1.807, 2.05) is 42.5 Å². The molecule has 0 fully saturated rings. The van der Waals surface area contributed by atoms with Crippen molar-refractivity contribution in [2.45, 2.75) is 0 Å². The molecule has 0 spiro atoms. The number of aromatic amines is 1. The van der Waals surface area contributed by atoms with Crippen molar-refractivity contribution in [3.63, 3.8) is 0 Å². The van der Waals surface area contributed by atoms with E-state index >= 15 is 0 Å². The second-order valence-corrected chi connectivity index (χ2v) is 4.48. The van der Waals surface area contributed by atoms with Gasteiger partial charge in [-0.2, -0.15) is 4.98 Å². The van der Waals surface area contributed by atoms with E-state index in [2.05, 4.69) is 20.3 Å². The highest BCUT2D eigenvalue weighted by atomic mass is 16.1. The van der Waals surface area contributed by atoms with Crippen LogP contribution in [0.5, 0.6) is 0 Å². The van der Waals surface area contributed by atoms with Gasteiger partial charge in [-0.3, -0.25) is 9.78 Å². The van der Waals surface area contributed by atoms with Crippen LogP contribution < -0.4 is 10.9 Å². The topological polar surface area (TPSA) is 70.7 Å². The molecule has 3 rings (SSSR count). The van der Waals surface area contributed by atoms with Gasteiger partial charge in [0, 0.05) is 12.7 Å². The van der Waals surface area contributed by atoms with Gasteiger partial charge in [0.15, 0.2) is 5.65 Å². The van der Waals surface area contributed by atoms with Gasteiger partial charge >= 0.3 is 0 Å². The van der Waals surface area contributed by atoms with Crippen LogP contribution in [0.15, 0.2) is 59.5 Å². The lowest BCUT2D eigenvalue weighted by atomic mass is 10.2. The zero-order valence-electron chi connectivity index (χ0n) is 11.3. The average Bonchev–Trinajstić information content (AvgIpc) is 2.53. The van der Waals surface area contributed by atoms with Gasteiger partial charge in [-0.15, -0.1) is 0 Å². The van der Waals surface area contributed by atoms with Crippen LogP contribution >= 0.6 is 0 Å². The lowest BCUT2D eigenvalue weighted by molar-refractivity contribution is 1.11. The SMILES string of the molecule is O=c1[nH]c(NCC=Cc2ccccc2)nc2ncccc12. The Bertz CT molecular complexity index is 824. The minimum atomic E-state index is -0.192. The number of benzene rings is 1. The van der Waals surface area contributed by atoms with Crippen LogP contribution in [0.4, 0.5) is 5.95 Å². The highest BCUT2D eigenvalue weighted by molar-refractivity contribution is 5.73. The number of pyridine rings is 1. The molecule has 5 nitrogen and oxygen atoms in total. The summed E-state index contributed by atoms with van der Waals surface area (Å²) in [4.78, 5) is 22.9. The fraction of sp³-hybridized carbons (Fsp3) is 0.0625. The van der Waals surface area contributed by atoms with E-state index in [0.717, 1.165) is 5.56 Å². The number of hydrogen-bond donors (Lipinski definition) is 2. The number of anilines is 1. The zero-order valence-corrected chi connectivity index (χ0v) is 11.3. The molecule has 0 saturated carbocycles. The molecule has 0 aliphatic rings. The third kappa shape index (κ3) is 3.14. The van der Waals surface area contributed by atoms with Crippen LogP contribution in [0.2, 0.25) is 0 Å². The Kier molecular flexibility index (Phi) is 3.73. The quantitative estimate of drug-likeness (QED) is 0.769. The molecule has 0 aliphatic heterocycles. The first-order valence-electron chi connectivity index (χ1n) is 6.63. The van der Waals surface area contributed by atoms with E-state index in [-0.39, 0.29) is 5.56 Å². The fourth-order valence-corrected chi connectivity index (χ4v) is 1.97. The molecule has 2 N–H and O–H groups in total. The molecule has 2 aromatic heterocycles. The van der Waals surface area contributed by atoms with Gasteiger partial charge < -0.3 is 5.32 Å². The number of rotatable bonds is 4. The Hall–Kier alpha value is -2.95. The van der Waals surface area contributed by atoms with E-state index in [4.69, 9.17) is 0 Å². The first kappa shape index (κ1) is 13.1. The lowest BCUT2D eigenvalue weighted by Crippen LogP contribution is -2.13. The molecule has 3 aromatic rings. The molecule has 1 aromatic carbocycles. The summed E-state index contributed by atoms with van der Waals surface area (Å²) in [6.45, 7) is 0.566. The summed E-state index contributed by atoms with van der Waals surface area (Å²) in [5, 5.41) is 3.54. The Labute approximate surface area is 121 Å². The molecule has 5 heteroatoms. The van der Waals surface area contributed by atoms with Crippen molar-refractivity contribution in [3.05, 3.63) is 70.7 Å². The first-order valence-corrected chi connectivity index (χ1v) is 6.63. The Morgan fingerprint density at radius 3 is 2.86 bits per heavy atom. The summed E-state index contributed by atoms with van der Waals surface area (Å²) < 4.78 is 0. The molecule has 104 valence electrons. The predicted octanol–water partition coefficient (Wildman–Crippen LogP) is 2.44. The van der Waals surface area contributed by atoms with Crippen molar-refractivity contribution in [1.29, 1.82) is 0 Å². The second kappa shape index (κ2) is 6.00. The van der Waals surface area contributed by atoms with Gasteiger partial charge in [-0.05, 0) is 17.7 Å². The van der Waals surface area contributed by atoms with Crippen molar-refractivity contribution < 1.29 is 0 Å². The minimum absolute atomic E-state index is 0.192. The molecule has 0 unspecified atom stereocenters. The molecular formula is C16H14N4O. The van der Waals surface area contributed by atoms with Gasteiger partial charge in [-0.1, -0.05) is 42.5 Å². The summed E-state index contributed by atoms with van der Waals surface area (Å²) >= 11 is 0. The van der Waals surface area contributed by atoms with Crippen molar-refractivity contribution in [1.82, 2.24) is 15.0 Å². The predicted molar refractivity (Wildman–Crippen MR) is 84.1 cm³/mol. The van der Waals surface area contributed by atoms with Gasteiger partial charge in [0.1, 0.15) is 0 Å². The summed E-state index contributed by atoms with van der Waals surface area (Å²) in [6.07, 6.45) is 5.59. The summed E-state index contributed by atoms with van der Waals surface area (Å²) in [6, 6.07) is 13.4. The van der Waals surface area contributed by atoms with Gasteiger partial charge in [0.05, 0.1) is 5.39 Å². The van der Waals surface area contributed by atoms with E-state index < -0.39 is 0 Å². The normalized spacial score (nSPS) is 11.0. The number of H-pyrrole nitrogens is 1. The van der Waals surface area contributed by atoms with E-state index in [9.17, 15) is 4.79 Å². The van der Waals surface area contributed by atoms with E-state index in [0.29, 0.717) is 23.5 Å². The van der Waals surface area contributed by atoms with Crippen LogP contribution in [0.25, 0.3) is 17.1 Å². The van der Waals surface area contributed by atoms with E-state index in [1.54, 1.807) is 18.3 Å². The maximum atomic E-state index is 11.9. The summed E-state index contributed by atoms with van der Waals surface area (Å²) in [7, 11) is 0. The van der Waals surface area contributed by atoms with Crippen molar-refractivity contribution >= 4 is 23.1 Å². The molecule has 0 radical (unpaired) electrons. The molecule has 0 aliphatic carbocycles. The molecular weight excluding hydrogens is 264 g/mol. The van der Waals surface area contributed by atoms with Crippen molar-refractivity contribution in [3.8, 4) is 0 Å². The maximum absolute atomic E-state index is 11.9. The van der Waals surface area contributed by atoms with Gasteiger partial charge in [0.25, 0.3) is 5.56 Å². The number of nitrogens with zero attached hydrogens (tertiary/aromatic N) is 2. The lowest BCUT2D eigenvalue weighted by Gasteiger charge is -2.03. The van der Waals surface area contributed by atoms with Gasteiger partial charge in [-0.25, -0.2) is 4.98 Å².